The van der Waals surface area contributed by atoms with E-state index >= 15 is 0 Å². The van der Waals surface area contributed by atoms with Crippen molar-refractivity contribution in [2.24, 2.45) is 0 Å². The number of rotatable bonds is 3. The molecular weight excluding hydrogens is 210 g/mol. The molecule has 17 heavy (non-hydrogen) atoms. The third-order valence-corrected chi connectivity index (χ3v) is 3.33. The first kappa shape index (κ1) is 12.1. The van der Waals surface area contributed by atoms with Gasteiger partial charge in [0.25, 0.3) is 0 Å². The quantitative estimate of drug-likeness (QED) is 0.876. The van der Waals surface area contributed by atoms with Crippen molar-refractivity contribution >= 4 is 10.9 Å². The molecule has 0 bridgehead atoms. The number of hydrogen-bond donors (Lipinski definition) is 1. The number of para-hydroxylation sites is 1. The molecule has 1 heterocycles. The fourth-order valence-corrected chi connectivity index (χ4v) is 2.20. The summed E-state index contributed by atoms with van der Waals surface area (Å²) in [5, 5.41) is 10.3. The van der Waals surface area contributed by atoms with Gasteiger partial charge in [-0.3, -0.25) is 4.98 Å². The third-order valence-electron chi connectivity index (χ3n) is 3.33. The molecule has 0 radical (unpaired) electrons. The van der Waals surface area contributed by atoms with Gasteiger partial charge in [0.2, 0.25) is 0 Å². The summed E-state index contributed by atoms with van der Waals surface area (Å²) in [7, 11) is 0. The SMILES string of the molecule is Cc1ccc2cccc(C(C)(C)CCO)c2n1. The first-order valence-corrected chi connectivity index (χ1v) is 6.02. The molecule has 2 aromatic rings. The van der Waals surface area contributed by atoms with E-state index < -0.39 is 0 Å². The molecule has 0 saturated carbocycles. The van der Waals surface area contributed by atoms with Crippen LogP contribution in [0.4, 0.5) is 0 Å². The molecule has 2 rings (SSSR count). The van der Waals surface area contributed by atoms with Crippen LogP contribution in [0.3, 0.4) is 0 Å². The average Bonchev–Trinajstić information content (AvgIpc) is 2.28. The maximum atomic E-state index is 9.17. The second-order valence-corrected chi connectivity index (χ2v) is 5.19. The monoisotopic (exact) mass is 229 g/mol. The Kier molecular flexibility index (Phi) is 3.16. The zero-order valence-electron chi connectivity index (χ0n) is 10.7. The van der Waals surface area contributed by atoms with E-state index in [1.165, 1.54) is 10.9 Å². The van der Waals surface area contributed by atoms with Gasteiger partial charge in [-0.1, -0.05) is 38.1 Å². The number of benzene rings is 1. The minimum atomic E-state index is -0.0466. The van der Waals surface area contributed by atoms with E-state index in [1.54, 1.807) is 0 Å². The number of aliphatic hydroxyl groups is 1. The molecule has 0 aliphatic carbocycles. The molecule has 0 fully saturated rings. The Morgan fingerprint density at radius 2 is 1.94 bits per heavy atom. The summed E-state index contributed by atoms with van der Waals surface area (Å²) >= 11 is 0. The standard InChI is InChI=1S/C15H19NO/c1-11-7-8-12-5-4-6-13(14(12)16-11)15(2,3)9-10-17/h4-8,17H,9-10H2,1-3H3. The smallest absolute Gasteiger partial charge is 0.0742 e. The second kappa shape index (κ2) is 4.46. The van der Waals surface area contributed by atoms with Gasteiger partial charge in [-0.25, -0.2) is 0 Å². The highest BCUT2D eigenvalue weighted by molar-refractivity contribution is 5.82. The Balaban J connectivity index is 2.64. The van der Waals surface area contributed by atoms with Crippen LogP contribution in [0.1, 0.15) is 31.5 Å². The molecule has 90 valence electrons. The average molecular weight is 229 g/mol. The van der Waals surface area contributed by atoms with E-state index in [2.05, 4.69) is 43.1 Å². The van der Waals surface area contributed by atoms with Gasteiger partial charge in [-0.2, -0.15) is 0 Å². The van der Waals surface area contributed by atoms with Crippen molar-refractivity contribution in [1.29, 1.82) is 0 Å². The van der Waals surface area contributed by atoms with E-state index in [0.29, 0.717) is 0 Å². The highest BCUT2D eigenvalue weighted by Gasteiger charge is 2.22. The molecule has 0 saturated heterocycles. The Morgan fingerprint density at radius 1 is 1.18 bits per heavy atom. The summed E-state index contributed by atoms with van der Waals surface area (Å²) in [6.07, 6.45) is 0.752. The van der Waals surface area contributed by atoms with E-state index in [-0.39, 0.29) is 12.0 Å². The van der Waals surface area contributed by atoms with Crippen LogP contribution in [0.2, 0.25) is 0 Å². The summed E-state index contributed by atoms with van der Waals surface area (Å²) in [5.74, 6) is 0. The van der Waals surface area contributed by atoms with Crippen LogP contribution in [0.15, 0.2) is 30.3 Å². The third kappa shape index (κ3) is 2.32. The van der Waals surface area contributed by atoms with Gasteiger partial charge in [0.15, 0.2) is 0 Å². The topological polar surface area (TPSA) is 33.1 Å². The Morgan fingerprint density at radius 3 is 2.65 bits per heavy atom. The summed E-state index contributed by atoms with van der Waals surface area (Å²) in [5.41, 5.74) is 3.26. The lowest BCUT2D eigenvalue weighted by Crippen LogP contribution is -2.19. The predicted molar refractivity (Wildman–Crippen MR) is 71.2 cm³/mol. The minimum absolute atomic E-state index is 0.0466. The van der Waals surface area contributed by atoms with Crippen LogP contribution in [-0.2, 0) is 5.41 Å². The summed E-state index contributed by atoms with van der Waals surface area (Å²) < 4.78 is 0. The number of aryl methyl sites for hydroxylation is 1. The zero-order valence-corrected chi connectivity index (χ0v) is 10.7. The van der Waals surface area contributed by atoms with Gasteiger partial charge < -0.3 is 5.11 Å². The van der Waals surface area contributed by atoms with Crippen LogP contribution < -0.4 is 0 Å². The Hall–Kier alpha value is -1.41. The van der Waals surface area contributed by atoms with E-state index in [4.69, 9.17) is 5.11 Å². The summed E-state index contributed by atoms with van der Waals surface area (Å²) in [4.78, 5) is 4.64. The van der Waals surface area contributed by atoms with Crippen LogP contribution in [0.5, 0.6) is 0 Å². The lowest BCUT2D eigenvalue weighted by atomic mass is 9.80. The molecular formula is C15H19NO. The maximum Gasteiger partial charge on any atom is 0.0742 e. The van der Waals surface area contributed by atoms with Crippen molar-refractivity contribution in [2.45, 2.75) is 32.6 Å². The van der Waals surface area contributed by atoms with Crippen LogP contribution in [-0.4, -0.2) is 16.7 Å². The van der Waals surface area contributed by atoms with E-state index in [9.17, 15) is 0 Å². The molecule has 2 heteroatoms. The molecule has 0 spiro atoms. The molecule has 0 atom stereocenters. The minimum Gasteiger partial charge on any atom is -0.396 e. The first-order chi connectivity index (χ1) is 8.04. The summed E-state index contributed by atoms with van der Waals surface area (Å²) in [6.45, 7) is 6.52. The fourth-order valence-electron chi connectivity index (χ4n) is 2.20. The molecule has 0 aliphatic rings. The number of hydrogen-bond acceptors (Lipinski definition) is 2. The van der Waals surface area contributed by atoms with Gasteiger partial charge >= 0.3 is 0 Å². The van der Waals surface area contributed by atoms with Gasteiger partial charge in [0, 0.05) is 17.7 Å². The molecule has 1 N–H and O–H groups in total. The lowest BCUT2D eigenvalue weighted by molar-refractivity contribution is 0.253. The lowest BCUT2D eigenvalue weighted by Gasteiger charge is -2.25. The number of nitrogens with zero attached hydrogens (tertiary/aromatic N) is 1. The molecule has 1 aromatic heterocycles. The Bertz CT molecular complexity index is 531. The molecule has 0 unspecified atom stereocenters. The largest absolute Gasteiger partial charge is 0.396 e. The molecule has 1 aromatic carbocycles. The highest BCUT2D eigenvalue weighted by atomic mass is 16.3. The predicted octanol–water partition coefficient (Wildman–Crippen LogP) is 3.20. The fraction of sp³-hybridized carbons (Fsp3) is 0.400. The van der Waals surface area contributed by atoms with Crippen LogP contribution >= 0.6 is 0 Å². The molecule has 0 aliphatic heterocycles. The number of pyridine rings is 1. The normalized spacial score (nSPS) is 12.0. The van der Waals surface area contributed by atoms with Crippen LogP contribution in [0, 0.1) is 6.92 Å². The number of aromatic nitrogens is 1. The highest BCUT2D eigenvalue weighted by Crippen LogP contribution is 2.31. The zero-order chi connectivity index (χ0) is 12.5. The van der Waals surface area contributed by atoms with Gasteiger partial charge in [-0.15, -0.1) is 0 Å². The number of aliphatic hydroxyl groups excluding tert-OH is 1. The Labute approximate surface area is 102 Å². The van der Waals surface area contributed by atoms with Gasteiger partial charge in [0.1, 0.15) is 0 Å². The van der Waals surface area contributed by atoms with E-state index in [1.807, 2.05) is 13.0 Å². The molecule has 2 nitrogen and oxygen atoms in total. The molecule has 0 amide bonds. The summed E-state index contributed by atoms with van der Waals surface area (Å²) in [6, 6.07) is 10.4. The van der Waals surface area contributed by atoms with E-state index in [0.717, 1.165) is 17.6 Å². The van der Waals surface area contributed by atoms with Crippen molar-refractivity contribution in [3.63, 3.8) is 0 Å². The van der Waals surface area contributed by atoms with Crippen molar-refractivity contribution in [2.75, 3.05) is 6.61 Å². The second-order valence-electron chi connectivity index (χ2n) is 5.19. The van der Waals surface area contributed by atoms with Gasteiger partial charge in [0.05, 0.1) is 5.52 Å². The van der Waals surface area contributed by atoms with Crippen molar-refractivity contribution in [3.8, 4) is 0 Å². The first-order valence-electron chi connectivity index (χ1n) is 6.02. The van der Waals surface area contributed by atoms with Crippen molar-refractivity contribution in [3.05, 3.63) is 41.6 Å². The van der Waals surface area contributed by atoms with Crippen molar-refractivity contribution in [1.82, 2.24) is 4.98 Å². The number of fused-ring (bicyclic) bond motifs is 1. The van der Waals surface area contributed by atoms with Crippen molar-refractivity contribution < 1.29 is 5.11 Å². The van der Waals surface area contributed by atoms with Crippen LogP contribution in [0.25, 0.3) is 10.9 Å². The maximum absolute atomic E-state index is 9.17. The van der Waals surface area contributed by atoms with Gasteiger partial charge in [-0.05, 0) is 30.4 Å².